The van der Waals surface area contributed by atoms with Crippen molar-refractivity contribution in [3.63, 3.8) is 0 Å². The van der Waals surface area contributed by atoms with Crippen LogP contribution in [0.25, 0.3) is 0 Å². The van der Waals surface area contributed by atoms with E-state index in [-0.39, 0.29) is 23.5 Å². The van der Waals surface area contributed by atoms with Crippen LogP contribution in [0.2, 0.25) is 5.02 Å². The average Bonchev–Trinajstić information content (AvgIpc) is 2.95. The Hall–Kier alpha value is -2.22. The van der Waals surface area contributed by atoms with Crippen molar-refractivity contribution < 1.29 is 17.3 Å². The van der Waals surface area contributed by atoms with Crippen molar-refractivity contribution in [3.05, 3.63) is 82.0 Å². The van der Waals surface area contributed by atoms with E-state index in [0.29, 0.717) is 22.0 Å². The van der Waals surface area contributed by atoms with E-state index < -0.39 is 15.8 Å². The van der Waals surface area contributed by atoms with Gasteiger partial charge < -0.3 is 4.52 Å². The Labute approximate surface area is 162 Å². The van der Waals surface area contributed by atoms with Crippen molar-refractivity contribution in [2.75, 3.05) is 0 Å². The lowest BCUT2D eigenvalue weighted by molar-refractivity contribution is 0.378. The van der Waals surface area contributed by atoms with Crippen LogP contribution in [-0.4, -0.2) is 17.9 Å². The molecule has 3 aromatic rings. The summed E-state index contributed by atoms with van der Waals surface area (Å²) in [6, 6.07) is 12.0. The number of halogens is 2. The third-order valence-electron chi connectivity index (χ3n) is 4.27. The lowest BCUT2D eigenvalue weighted by Gasteiger charge is -2.22. The maximum absolute atomic E-state index is 14.2. The van der Waals surface area contributed by atoms with Gasteiger partial charge in [0.05, 0.1) is 10.6 Å². The zero-order valence-corrected chi connectivity index (χ0v) is 16.4. The molecule has 0 aliphatic heterocycles. The van der Waals surface area contributed by atoms with E-state index in [9.17, 15) is 12.8 Å². The molecule has 0 fully saturated rings. The van der Waals surface area contributed by atoms with Crippen LogP contribution in [-0.2, 0) is 23.1 Å². The molecule has 8 heteroatoms. The molecule has 0 radical (unpaired) electrons. The van der Waals surface area contributed by atoms with Crippen LogP contribution in [0.5, 0.6) is 0 Å². The van der Waals surface area contributed by atoms with E-state index in [1.807, 2.05) is 0 Å². The lowest BCUT2D eigenvalue weighted by atomic mass is 10.2. The maximum atomic E-state index is 14.2. The molecule has 0 amide bonds. The summed E-state index contributed by atoms with van der Waals surface area (Å²) in [5.41, 5.74) is 1.53. The average molecular weight is 409 g/mol. The van der Waals surface area contributed by atoms with Crippen molar-refractivity contribution in [1.82, 2.24) is 9.46 Å². The molecule has 0 saturated carbocycles. The van der Waals surface area contributed by atoms with Crippen LogP contribution in [0.4, 0.5) is 4.39 Å². The topological polar surface area (TPSA) is 63.4 Å². The van der Waals surface area contributed by atoms with Crippen molar-refractivity contribution in [2.45, 2.75) is 31.8 Å². The Kier molecular flexibility index (Phi) is 5.64. The smallest absolute Gasteiger partial charge is 0.243 e. The normalized spacial score (nSPS) is 11.9. The lowest BCUT2D eigenvalue weighted by Crippen LogP contribution is -2.31. The van der Waals surface area contributed by atoms with Gasteiger partial charge in [-0.3, -0.25) is 0 Å². The Morgan fingerprint density at radius 1 is 1.07 bits per heavy atom. The van der Waals surface area contributed by atoms with Gasteiger partial charge in [-0.05, 0) is 44.2 Å². The van der Waals surface area contributed by atoms with Gasteiger partial charge in [0.2, 0.25) is 10.0 Å². The number of hydrogen-bond acceptors (Lipinski definition) is 4. The maximum Gasteiger partial charge on any atom is 0.243 e. The zero-order valence-electron chi connectivity index (χ0n) is 14.8. The van der Waals surface area contributed by atoms with Crippen LogP contribution in [0.3, 0.4) is 0 Å². The van der Waals surface area contributed by atoms with E-state index in [2.05, 4.69) is 5.16 Å². The van der Waals surface area contributed by atoms with E-state index in [0.717, 1.165) is 0 Å². The van der Waals surface area contributed by atoms with Crippen LogP contribution in [0, 0.1) is 19.7 Å². The molecule has 0 spiro atoms. The van der Waals surface area contributed by atoms with Gasteiger partial charge in [-0.2, -0.15) is 4.31 Å². The summed E-state index contributed by atoms with van der Waals surface area (Å²) in [4.78, 5) is 0.0787. The molecule has 0 aliphatic rings. The highest BCUT2D eigenvalue weighted by atomic mass is 35.5. The molecule has 5 nitrogen and oxygen atoms in total. The zero-order chi connectivity index (χ0) is 19.6. The Bertz CT molecular complexity index is 1030. The largest absolute Gasteiger partial charge is 0.361 e. The van der Waals surface area contributed by atoms with Crippen molar-refractivity contribution in [3.8, 4) is 0 Å². The van der Waals surface area contributed by atoms with Gasteiger partial charge in [0, 0.05) is 29.2 Å². The van der Waals surface area contributed by atoms with E-state index >= 15 is 0 Å². The number of nitrogens with zero attached hydrogens (tertiary/aromatic N) is 2. The van der Waals surface area contributed by atoms with Gasteiger partial charge in [0.25, 0.3) is 0 Å². The first-order chi connectivity index (χ1) is 12.8. The molecule has 0 bridgehead atoms. The summed E-state index contributed by atoms with van der Waals surface area (Å²) in [5.74, 6) is 0.0601. The molecule has 0 atom stereocenters. The molecular formula is C19H18ClFN2O3S. The molecule has 0 N–H and O–H groups in total. The molecule has 27 heavy (non-hydrogen) atoms. The van der Waals surface area contributed by atoms with E-state index in [1.165, 1.54) is 34.6 Å². The quantitative estimate of drug-likeness (QED) is 0.603. The summed E-state index contributed by atoms with van der Waals surface area (Å²) < 4.78 is 46.9. The predicted molar refractivity (Wildman–Crippen MR) is 100 cm³/mol. The summed E-state index contributed by atoms with van der Waals surface area (Å²) in [7, 11) is -3.90. The first-order valence-electron chi connectivity index (χ1n) is 8.20. The van der Waals surface area contributed by atoms with Gasteiger partial charge in [-0.25, -0.2) is 12.8 Å². The predicted octanol–water partition coefficient (Wildman–Crippen LogP) is 4.48. The van der Waals surface area contributed by atoms with Gasteiger partial charge >= 0.3 is 0 Å². The molecule has 0 unspecified atom stereocenters. The van der Waals surface area contributed by atoms with Crippen LogP contribution < -0.4 is 0 Å². The van der Waals surface area contributed by atoms with Gasteiger partial charge in [-0.1, -0.05) is 35.0 Å². The molecule has 1 heterocycles. The minimum Gasteiger partial charge on any atom is -0.361 e. The molecule has 2 aromatic carbocycles. The van der Waals surface area contributed by atoms with Crippen LogP contribution >= 0.6 is 11.6 Å². The fourth-order valence-corrected chi connectivity index (χ4v) is 4.21. The molecule has 1 aromatic heterocycles. The van der Waals surface area contributed by atoms with E-state index in [4.69, 9.17) is 16.1 Å². The summed E-state index contributed by atoms with van der Waals surface area (Å²) in [6.07, 6.45) is 0. The number of aromatic nitrogens is 1. The number of rotatable bonds is 6. The first-order valence-corrected chi connectivity index (χ1v) is 10.0. The minimum absolute atomic E-state index is 0.0143. The highest BCUT2D eigenvalue weighted by Crippen LogP contribution is 2.25. The van der Waals surface area contributed by atoms with Crippen molar-refractivity contribution >= 4 is 21.6 Å². The highest BCUT2D eigenvalue weighted by Gasteiger charge is 2.28. The second-order valence-corrected chi connectivity index (χ2v) is 8.50. The van der Waals surface area contributed by atoms with Gasteiger partial charge in [0.1, 0.15) is 11.6 Å². The fourth-order valence-electron chi connectivity index (χ4n) is 2.70. The number of benzene rings is 2. The second-order valence-electron chi connectivity index (χ2n) is 6.12. The Balaban J connectivity index is 2.03. The summed E-state index contributed by atoms with van der Waals surface area (Å²) in [6.45, 7) is 3.34. The van der Waals surface area contributed by atoms with Crippen LogP contribution in [0.1, 0.15) is 22.6 Å². The fraction of sp³-hybridized carbons (Fsp3) is 0.211. The second kappa shape index (κ2) is 7.80. The van der Waals surface area contributed by atoms with Crippen LogP contribution in [0.15, 0.2) is 57.9 Å². The van der Waals surface area contributed by atoms with Crippen molar-refractivity contribution in [1.29, 1.82) is 0 Å². The van der Waals surface area contributed by atoms with Gasteiger partial charge in [-0.15, -0.1) is 0 Å². The summed E-state index contributed by atoms with van der Waals surface area (Å²) in [5, 5.41) is 4.30. The Morgan fingerprint density at radius 2 is 1.74 bits per heavy atom. The molecule has 0 aliphatic carbocycles. The highest BCUT2D eigenvalue weighted by molar-refractivity contribution is 7.89. The number of sulfonamides is 1. The molecule has 142 valence electrons. The first kappa shape index (κ1) is 19.5. The minimum atomic E-state index is -3.90. The van der Waals surface area contributed by atoms with Gasteiger partial charge in [0.15, 0.2) is 0 Å². The monoisotopic (exact) mass is 408 g/mol. The SMILES string of the molecule is Cc1noc(C)c1CN(Cc1ccccc1F)S(=O)(=O)c1ccc(Cl)cc1. The summed E-state index contributed by atoms with van der Waals surface area (Å²) >= 11 is 5.87. The third kappa shape index (κ3) is 4.21. The van der Waals surface area contributed by atoms with E-state index in [1.54, 1.807) is 32.0 Å². The Morgan fingerprint density at radius 3 is 2.33 bits per heavy atom. The number of aryl methyl sites for hydroxylation is 2. The third-order valence-corrected chi connectivity index (χ3v) is 6.33. The molecule has 0 saturated heterocycles. The molecular weight excluding hydrogens is 391 g/mol. The standard InChI is InChI=1S/C19H18ClFN2O3S/c1-13-18(14(2)26-22-13)12-23(11-15-5-3-4-6-19(15)21)27(24,25)17-9-7-16(20)8-10-17/h3-10H,11-12H2,1-2H3. The van der Waals surface area contributed by atoms with Crippen molar-refractivity contribution in [2.24, 2.45) is 0 Å². The molecule has 3 rings (SSSR count). The number of hydrogen-bond donors (Lipinski definition) is 0.